The molecule has 5 atom stereocenters. The molecule has 1 aromatic carbocycles. The van der Waals surface area contributed by atoms with Gasteiger partial charge in [0, 0.05) is 18.5 Å². The van der Waals surface area contributed by atoms with Gasteiger partial charge in [-0.2, -0.15) is 0 Å². The first-order valence-electron chi connectivity index (χ1n) is 8.12. The lowest BCUT2D eigenvalue weighted by molar-refractivity contribution is 0.256. The van der Waals surface area contributed by atoms with E-state index in [-0.39, 0.29) is 0 Å². The summed E-state index contributed by atoms with van der Waals surface area (Å²) in [5.41, 5.74) is 3.16. The molecule has 0 radical (unpaired) electrons. The minimum absolute atomic E-state index is 0.725. The molecule has 1 aromatic rings. The van der Waals surface area contributed by atoms with Crippen molar-refractivity contribution in [1.82, 2.24) is 5.32 Å². The summed E-state index contributed by atoms with van der Waals surface area (Å²) in [7, 11) is 0. The molecule has 3 aliphatic rings. The summed E-state index contributed by atoms with van der Waals surface area (Å²) >= 11 is 0. The van der Waals surface area contributed by atoms with E-state index in [1.165, 1.54) is 38.6 Å². The number of nitrogens with one attached hydrogen (secondary N) is 1. The molecule has 0 amide bonds. The van der Waals surface area contributed by atoms with E-state index in [0.29, 0.717) is 0 Å². The van der Waals surface area contributed by atoms with E-state index in [1.54, 1.807) is 11.1 Å². The summed E-state index contributed by atoms with van der Waals surface area (Å²) in [6, 6.07) is 9.67. The average molecular weight is 255 g/mol. The fourth-order valence-corrected chi connectivity index (χ4v) is 4.93. The molecule has 2 fully saturated rings. The topological polar surface area (TPSA) is 12.0 Å². The fourth-order valence-electron chi connectivity index (χ4n) is 4.93. The Balaban J connectivity index is 1.32. The molecular weight excluding hydrogens is 230 g/mol. The van der Waals surface area contributed by atoms with E-state index in [9.17, 15) is 0 Å². The zero-order valence-corrected chi connectivity index (χ0v) is 11.9. The molecule has 0 aromatic heterocycles. The Morgan fingerprint density at radius 2 is 2.11 bits per heavy atom. The molecule has 3 aliphatic carbocycles. The van der Waals surface area contributed by atoms with Crippen molar-refractivity contribution in [3.8, 4) is 0 Å². The van der Waals surface area contributed by atoms with E-state index in [2.05, 4.69) is 36.5 Å². The van der Waals surface area contributed by atoms with Crippen LogP contribution in [0.15, 0.2) is 24.3 Å². The van der Waals surface area contributed by atoms with E-state index < -0.39 is 0 Å². The van der Waals surface area contributed by atoms with E-state index in [1.807, 2.05) is 0 Å². The van der Waals surface area contributed by atoms with Gasteiger partial charge in [0.25, 0.3) is 0 Å². The van der Waals surface area contributed by atoms with Gasteiger partial charge in [-0.15, -0.1) is 0 Å². The van der Waals surface area contributed by atoms with Gasteiger partial charge in [-0.1, -0.05) is 30.7 Å². The highest BCUT2D eigenvalue weighted by atomic mass is 14.9. The summed E-state index contributed by atoms with van der Waals surface area (Å²) in [5.74, 6) is 3.86. The molecule has 1 nitrogen and oxygen atoms in total. The number of hydrogen-bond acceptors (Lipinski definition) is 1. The predicted molar refractivity (Wildman–Crippen MR) is 79.3 cm³/mol. The number of hydrogen-bond donors (Lipinski definition) is 1. The van der Waals surface area contributed by atoms with Crippen LogP contribution in [0, 0.1) is 17.8 Å². The lowest BCUT2D eigenvalue weighted by atomic mass is 9.77. The van der Waals surface area contributed by atoms with Crippen LogP contribution in [-0.2, 0) is 6.42 Å². The fraction of sp³-hybridized carbons (Fsp3) is 0.667. The van der Waals surface area contributed by atoms with E-state index in [0.717, 1.165) is 29.7 Å². The van der Waals surface area contributed by atoms with Crippen LogP contribution in [0.1, 0.15) is 49.7 Å². The van der Waals surface area contributed by atoms with Crippen LogP contribution < -0.4 is 5.32 Å². The molecule has 102 valence electrons. The van der Waals surface area contributed by atoms with Crippen LogP contribution in [-0.4, -0.2) is 12.6 Å². The number of benzene rings is 1. The molecular formula is C18H25N. The van der Waals surface area contributed by atoms with Gasteiger partial charge in [-0.3, -0.25) is 0 Å². The lowest BCUT2D eigenvalue weighted by Crippen LogP contribution is -2.40. The van der Waals surface area contributed by atoms with Crippen molar-refractivity contribution < 1.29 is 0 Å². The highest BCUT2D eigenvalue weighted by molar-refractivity contribution is 5.40. The van der Waals surface area contributed by atoms with Gasteiger partial charge in [0.2, 0.25) is 0 Å². The summed E-state index contributed by atoms with van der Waals surface area (Å²) in [6.07, 6.45) is 7.34. The van der Waals surface area contributed by atoms with Gasteiger partial charge in [0.1, 0.15) is 0 Å². The molecule has 0 spiro atoms. The predicted octanol–water partition coefficient (Wildman–Crippen LogP) is 3.74. The number of fused-ring (bicyclic) bond motifs is 3. The Morgan fingerprint density at radius 3 is 2.84 bits per heavy atom. The highest BCUT2D eigenvalue weighted by Crippen LogP contribution is 2.49. The normalized spacial score (nSPS) is 36.9. The minimum Gasteiger partial charge on any atom is -0.313 e. The van der Waals surface area contributed by atoms with E-state index in [4.69, 9.17) is 0 Å². The van der Waals surface area contributed by atoms with Crippen LogP contribution in [0.3, 0.4) is 0 Å². The molecule has 2 saturated carbocycles. The van der Waals surface area contributed by atoms with Crippen LogP contribution >= 0.6 is 0 Å². The van der Waals surface area contributed by atoms with Crippen molar-refractivity contribution in [3.63, 3.8) is 0 Å². The van der Waals surface area contributed by atoms with Crippen LogP contribution in [0.5, 0.6) is 0 Å². The van der Waals surface area contributed by atoms with Crippen LogP contribution in [0.2, 0.25) is 0 Å². The molecule has 5 unspecified atom stereocenters. The summed E-state index contributed by atoms with van der Waals surface area (Å²) in [5, 5.41) is 3.85. The maximum absolute atomic E-state index is 3.85. The van der Waals surface area contributed by atoms with Crippen molar-refractivity contribution in [3.05, 3.63) is 35.4 Å². The molecule has 1 N–H and O–H groups in total. The average Bonchev–Trinajstić information content (AvgIpc) is 3.02. The van der Waals surface area contributed by atoms with Gasteiger partial charge in [0.15, 0.2) is 0 Å². The molecule has 0 aliphatic heterocycles. The quantitative estimate of drug-likeness (QED) is 0.864. The first kappa shape index (κ1) is 12.0. The Bertz CT molecular complexity index is 467. The Kier molecular flexibility index (Phi) is 2.91. The molecule has 4 rings (SSSR count). The van der Waals surface area contributed by atoms with Crippen LogP contribution in [0.4, 0.5) is 0 Å². The third kappa shape index (κ3) is 2.03. The van der Waals surface area contributed by atoms with Crippen molar-refractivity contribution >= 4 is 0 Å². The summed E-state index contributed by atoms with van der Waals surface area (Å²) in [6.45, 7) is 3.61. The van der Waals surface area contributed by atoms with Gasteiger partial charge < -0.3 is 5.32 Å². The van der Waals surface area contributed by atoms with E-state index >= 15 is 0 Å². The maximum Gasteiger partial charge on any atom is 0.00699 e. The molecule has 0 saturated heterocycles. The van der Waals surface area contributed by atoms with Crippen LogP contribution in [0.25, 0.3) is 0 Å². The Morgan fingerprint density at radius 1 is 1.21 bits per heavy atom. The zero-order valence-electron chi connectivity index (χ0n) is 11.9. The largest absolute Gasteiger partial charge is 0.313 e. The van der Waals surface area contributed by atoms with Gasteiger partial charge in [-0.05, 0) is 61.5 Å². The number of rotatable bonds is 4. The SMILES string of the molecule is CC(NCC1Cc2ccccc21)C1CC2CCC1C2. The summed E-state index contributed by atoms with van der Waals surface area (Å²) in [4.78, 5) is 0. The lowest BCUT2D eigenvalue weighted by Gasteiger charge is -2.34. The zero-order chi connectivity index (χ0) is 12.8. The van der Waals surface area contributed by atoms with Crippen molar-refractivity contribution in [2.24, 2.45) is 17.8 Å². The minimum atomic E-state index is 0.725. The maximum atomic E-state index is 3.85. The second kappa shape index (κ2) is 4.63. The van der Waals surface area contributed by atoms with Crippen molar-refractivity contribution in [2.45, 2.75) is 51.0 Å². The second-order valence-electron chi connectivity index (χ2n) is 7.14. The third-order valence-electron chi connectivity index (χ3n) is 6.08. The van der Waals surface area contributed by atoms with Gasteiger partial charge >= 0.3 is 0 Å². The molecule has 19 heavy (non-hydrogen) atoms. The monoisotopic (exact) mass is 255 g/mol. The second-order valence-corrected chi connectivity index (χ2v) is 7.14. The van der Waals surface area contributed by atoms with Crippen molar-refractivity contribution in [1.29, 1.82) is 0 Å². The Hall–Kier alpha value is -0.820. The third-order valence-corrected chi connectivity index (χ3v) is 6.08. The first-order chi connectivity index (χ1) is 9.31. The highest BCUT2D eigenvalue weighted by Gasteiger charge is 2.41. The van der Waals surface area contributed by atoms with Crippen molar-refractivity contribution in [2.75, 3.05) is 6.54 Å². The Labute approximate surface area is 116 Å². The molecule has 0 heterocycles. The van der Waals surface area contributed by atoms with Gasteiger partial charge in [0.05, 0.1) is 0 Å². The van der Waals surface area contributed by atoms with Gasteiger partial charge in [-0.25, -0.2) is 0 Å². The molecule has 2 bridgehead atoms. The molecule has 1 heteroatoms. The smallest absolute Gasteiger partial charge is 0.00699 e. The standard InChI is InChI=1S/C18H25N/c1-12(18-9-13-6-7-15(18)8-13)19-11-16-10-14-4-2-3-5-17(14)16/h2-5,12-13,15-16,18-19H,6-11H2,1H3. The first-order valence-corrected chi connectivity index (χ1v) is 8.12. The summed E-state index contributed by atoms with van der Waals surface area (Å²) < 4.78 is 0.